The molecule has 0 aliphatic rings. The first-order chi connectivity index (χ1) is 7.93. The number of hydrogen-bond donors (Lipinski definition) is 2. The molecular formula is C12H23ClN4O. The van der Waals surface area contributed by atoms with Crippen LogP contribution in [0.15, 0.2) is 6.20 Å². The Morgan fingerprint density at radius 1 is 1.56 bits per heavy atom. The fourth-order valence-electron chi connectivity index (χ4n) is 1.87. The van der Waals surface area contributed by atoms with Gasteiger partial charge in [-0.25, -0.2) is 0 Å². The highest BCUT2D eigenvalue weighted by Gasteiger charge is 2.17. The van der Waals surface area contributed by atoms with Gasteiger partial charge in [0.25, 0.3) is 5.91 Å². The summed E-state index contributed by atoms with van der Waals surface area (Å²) in [7, 11) is 1.80. The maximum Gasteiger partial charge on any atom is 0.255 e. The predicted molar refractivity (Wildman–Crippen MR) is 75.0 cm³/mol. The van der Waals surface area contributed by atoms with Gasteiger partial charge < -0.3 is 11.1 Å². The second-order valence-electron chi connectivity index (χ2n) is 4.84. The van der Waals surface area contributed by atoms with Crippen LogP contribution in [0.3, 0.4) is 0 Å². The van der Waals surface area contributed by atoms with Gasteiger partial charge in [0.15, 0.2) is 0 Å². The molecule has 0 saturated carbocycles. The predicted octanol–water partition coefficient (Wildman–Crippen LogP) is 1.25. The van der Waals surface area contributed by atoms with E-state index >= 15 is 0 Å². The van der Waals surface area contributed by atoms with Crippen LogP contribution in [0.1, 0.15) is 36.3 Å². The van der Waals surface area contributed by atoms with E-state index in [1.165, 1.54) is 0 Å². The van der Waals surface area contributed by atoms with Crippen LogP contribution in [0.2, 0.25) is 0 Å². The van der Waals surface area contributed by atoms with Crippen LogP contribution in [0.5, 0.6) is 0 Å². The summed E-state index contributed by atoms with van der Waals surface area (Å²) in [5, 5.41) is 7.10. The zero-order valence-electron chi connectivity index (χ0n) is 11.4. The van der Waals surface area contributed by atoms with Gasteiger partial charge in [-0.15, -0.1) is 12.4 Å². The van der Waals surface area contributed by atoms with E-state index in [4.69, 9.17) is 5.73 Å². The van der Waals surface area contributed by atoms with Gasteiger partial charge in [-0.2, -0.15) is 5.10 Å². The topological polar surface area (TPSA) is 72.9 Å². The molecule has 1 atom stereocenters. The molecule has 0 radical (unpaired) electrons. The van der Waals surface area contributed by atoms with Gasteiger partial charge >= 0.3 is 0 Å². The van der Waals surface area contributed by atoms with Crippen LogP contribution in [0.25, 0.3) is 0 Å². The summed E-state index contributed by atoms with van der Waals surface area (Å²) in [5.41, 5.74) is 7.02. The Bertz CT molecular complexity index is 389. The lowest BCUT2D eigenvalue weighted by Crippen LogP contribution is -2.41. The first-order valence-corrected chi connectivity index (χ1v) is 5.95. The maximum atomic E-state index is 12.0. The lowest BCUT2D eigenvalue weighted by atomic mass is 10.0. The molecule has 1 heterocycles. The van der Waals surface area contributed by atoms with E-state index < -0.39 is 0 Å². The number of rotatable bonds is 5. The zero-order valence-corrected chi connectivity index (χ0v) is 12.3. The highest BCUT2D eigenvalue weighted by molar-refractivity contribution is 5.95. The fraction of sp³-hybridized carbons (Fsp3) is 0.667. The molecule has 0 saturated heterocycles. The smallest absolute Gasteiger partial charge is 0.255 e. The van der Waals surface area contributed by atoms with E-state index in [2.05, 4.69) is 24.3 Å². The summed E-state index contributed by atoms with van der Waals surface area (Å²) in [6.07, 6.45) is 2.62. The number of nitrogens with two attached hydrogens (primary N) is 1. The third-order valence-corrected chi connectivity index (χ3v) is 2.63. The van der Waals surface area contributed by atoms with Crippen molar-refractivity contribution in [1.29, 1.82) is 0 Å². The SMILES string of the molecule is Cc1nn(C)cc1C(=O)NC(CN)CC(C)C.Cl. The molecular weight excluding hydrogens is 252 g/mol. The maximum absolute atomic E-state index is 12.0. The molecule has 1 rings (SSSR count). The van der Waals surface area contributed by atoms with Crippen LogP contribution in [-0.4, -0.2) is 28.3 Å². The van der Waals surface area contributed by atoms with Gasteiger partial charge in [0.05, 0.1) is 11.3 Å². The van der Waals surface area contributed by atoms with E-state index in [9.17, 15) is 4.79 Å². The molecule has 1 aromatic rings. The van der Waals surface area contributed by atoms with Crippen molar-refractivity contribution in [2.45, 2.75) is 33.2 Å². The van der Waals surface area contributed by atoms with Crippen LogP contribution >= 0.6 is 12.4 Å². The van der Waals surface area contributed by atoms with Gasteiger partial charge in [0.2, 0.25) is 0 Å². The van der Waals surface area contributed by atoms with Crippen molar-refractivity contribution < 1.29 is 4.79 Å². The number of hydrogen-bond acceptors (Lipinski definition) is 3. The number of aryl methyl sites for hydroxylation is 2. The number of aromatic nitrogens is 2. The normalized spacial score (nSPS) is 12.1. The lowest BCUT2D eigenvalue weighted by Gasteiger charge is -2.18. The Labute approximate surface area is 115 Å². The van der Waals surface area contributed by atoms with E-state index in [1.807, 2.05) is 6.92 Å². The van der Waals surface area contributed by atoms with Crippen molar-refractivity contribution in [2.24, 2.45) is 18.7 Å². The number of nitrogens with one attached hydrogen (secondary N) is 1. The van der Waals surface area contributed by atoms with Gasteiger partial charge in [0.1, 0.15) is 0 Å². The summed E-state index contributed by atoms with van der Waals surface area (Å²) in [6, 6.07) is 0.0297. The minimum Gasteiger partial charge on any atom is -0.348 e. The van der Waals surface area contributed by atoms with Gasteiger partial charge in [-0.05, 0) is 19.3 Å². The number of nitrogens with zero attached hydrogens (tertiary/aromatic N) is 2. The van der Waals surface area contributed by atoms with Crippen molar-refractivity contribution in [3.05, 3.63) is 17.5 Å². The van der Waals surface area contributed by atoms with Gasteiger partial charge in [-0.3, -0.25) is 9.48 Å². The number of amides is 1. The molecule has 104 valence electrons. The van der Waals surface area contributed by atoms with Crippen molar-refractivity contribution in [3.63, 3.8) is 0 Å². The van der Waals surface area contributed by atoms with E-state index in [-0.39, 0.29) is 24.4 Å². The van der Waals surface area contributed by atoms with E-state index in [0.29, 0.717) is 18.0 Å². The monoisotopic (exact) mass is 274 g/mol. The average molecular weight is 275 g/mol. The summed E-state index contributed by atoms with van der Waals surface area (Å²) in [5.74, 6) is 0.422. The van der Waals surface area contributed by atoms with Gasteiger partial charge in [-0.1, -0.05) is 13.8 Å². The molecule has 1 unspecified atom stereocenters. The van der Waals surface area contributed by atoms with Gasteiger partial charge in [0, 0.05) is 25.8 Å². The second-order valence-corrected chi connectivity index (χ2v) is 4.84. The molecule has 0 aliphatic heterocycles. The minimum absolute atomic E-state index is 0. The van der Waals surface area contributed by atoms with Crippen LogP contribution < -0.4 is 11.1 Å². The number of carbonyl (C=O) groups excluding carboxylic acids is 1. The van der Waals surface area contributed by atoms with E-state index in [0.717, 1.165) is 12.1 Å². The number of carbonyl (C=O) groups is 1. The summed E-state index contributed by atoms with van der Waals surface area (Å²) in [4.78, 5) is 12.0. The molecule has 0 aliphatic carbocycles. The zero-order chi connectivity index (χ0) is 13.0. The summed E-state index contributed by atoms with van der Waals surface area (Å²) >= 11 is 0. The standard InChI is InChI=1S/C12H22N4O.ClH/c1-8(2)5-10(6-13)14-12(17)11-7-16(4)15-9(11)3;/h7-8,10H,5-6,13H2,1-4H3,(H,14,17);1H. The largest absolute Gasteiger partial charge is 0.348 e. The Kier molecular flexibility index (Phi) is 6.94. The number of halogens is 1. The Morgan fingerprint density at radius 3 is 2.56 bits per heavy atom. The van der Waals surface area contributed by atoms with Crippen molar-refractivity contribution in [3.8, 4) is 0 Å². The first-order valence-electron chi connectivity index (χ1n) is 5.95. The highest BCUT2D eigenvalue weighted by Crippen LogP contribution is 2.07. The average Bonchev–Trinajstić information content (AvgIpc) is 2.56. The molecule has 3 N–H and O–H groups in total. The Balaban J connectivity index is 0.00000289. The Hall–Kier alpha value is -1.07. The molecule has 1 amide bonds. The molecule has 6 heteroatoms. The summed E-state index contributed by atoms with van der Waals surface area (Å²) in [6.45, 7) is 6.52. The van der Waals surface area contributed by atoms with Crippen molar-refractivity contribution in [1.82, 2.24) is 15.1 Å². The lowest BCUT2D eigenvalue weighted by molar-refractivity contribution is 0.0933. The van der Waals surface area contributed by atoms with Crippen LogP contribution in [0.4, 0.5) is 0 Å². The third-order valence-electron chi connectivity index (χ3n) is 2.63. The molecule has 0 bridgehead atoms. The third kappa shape index (κ3) is 4.66. The van der Waals surface area contributed by atoms with Crippen molar-refractivity contribution in [2.75, 3.05) is 6.54 Å². The van der Waals surface area contributed by atoms with Crippen LogP contribution in [-0.2, 0) is 7.05 Å². The summed E-state index contributed by atoms with van der Waals surface area (Å²) < 4.78 is 1.64. The molecule has 0 fully saturated rings. The van der Waals surface area contributed by atoms with Crippen molar-refractivity contribution >= 4 is 18.3 Å². The fourth-order valence-corrected chi connectivity index (χ4v) is 1.87. The van der Waals surface area contributed by atoms with Crippen LogP contribution in [0, 0.1) is 12.8 Å². The first kappa shape index (κ1) is 16.9. The molecule has 0 aromatic carbocycles. The quantitative estimate of drug-likeness (QED) is 0.849. The molecule has 18 heavy (non-hydrogen) atoms. The Morgan fingerprint density at radius 2 is 2.17 bits per heavy atom. The van der Waals surface area contributed by atoms with E-state index in [1.54, 1.807) is 17.9 Å². The second kappa shape index (κ2) is 7.38. The highest BCUT2D eigenvalue weighted by atomic mass is 35.5. The molecule has 5 nitrogen and oxygen atoms in total. The molecule has 1 aromatic heterocycles. The molecule has 0 spiro atoms. The minimum atomic E-state index is -0.0910.